The summed E-state index contributed by atoms with van der Waals surface area (Å²) in [5, 5.41) is 7.01. The minimum atomic E-state index is 0.756. The number of nitrogens with zero attached hydrogens (tertiary/aromatic N) is 3. The number of hydrazone groups is 1. The van der Waals surface area contributed by atoms with Gasteiger partial charge in [-0.1, -0.05) is 36.9 Å². The van der Waals surface area contributed by atoms with Gasteiger partial charge >= 0.3 is 0 Å². The number of piperazine rings is 1. The number of hydrogen-bond donors (Lipinski definition) is 2. The molecule has 22 heavy (non-hydrogen) atoms. The average molecular weight is 299 g/mol. The zero-order valence-corrected chi connectivity index (χ0v) is 13.2. The molecule has 5 heteroatoms. The van der Waals surface area contributed by atoms with Crippen molar-refractivity contribution in [1.29, 1.82) is 0 Å². The van der Waals surface area contributed by atoms with Gasteiger partial charge in [-0.15, -0.1) is 0 Å². The summed E-state index contributed by atoms with van der Waals surface area (Å²) in [4.78, 5) is 4.60. The van der Waals surface area contributed by atoms with Crippen molar-refractivity contribution in [3.8, 4) is 0 Å². The Kier molecular flexibility index (Phi) is 6.03. The van der Waals surface area contributed by atoms with E-state index in [2.05, 4.69) is 46.0 Å². The molecule has 1 aliphatic heterocycles. The average Bonchev–Trinajstić information content (AvgIpc) is 2.54. The lowest BCUT2D eigenvalue weighted by atomic mass is 10.2. The van der Waals surface area contributed by atoms with E-state index < -0.39 is 0 Å². The number of allylic oxidation sites excluding steroid dienone is 2. The highest BCUT2D eigenvalue weighted by Crippen LogP contribution is 2.09. The highest BCUT2D eigenvalue weighted by molar-refractivity contribution is 5.78. The molecule has 3 N–H and O–H groups in total. The van der Waals surface area contributed by atoms with E-state index >= 15 is 0 Å². The molecule has 5 nitrogen and oxygen atoms in total. The Bertz CT molecular complexity index is 527. The van der Waals surface area contributed by atoms with E-state index in [0.717, 1.165) is 44.1 Å². The SMILES string of the molecule is C=C(/C=C(\C=N/N)N1CCN(C)CC1)NCc1ccccc1. The van der Waals surface area contributed by atoms with Gasteiger partial charge in [-0.05, 0) is 18.7 Å². The van der Waals surface area contributed by atoms with E-state index in [1.54, 1.807) is 6.21 Å². The van der Waals surface area contributed by atoms with Gasteiger partial charge in [0.15, 0.2) is 0 Å². The molecule has 2 rings (SSSR count). The van der Waals surface area contributed by atoms with Gasteiger partial charge in [0.25, 0.3) is 0 Å². The lowest BCUT2D eigenvalue weighted by Gasteiger charge is -2.34. The predicted molar refractivity (Wildman–Crippen MR) is 92.3 cm³/mol. The van der Waals surface area contributed by atoms with Crippen molar-refractivity contribution in [1.82, 2.24) is 15.1 Å². The third kappa shape index (κ3) is 4.93. The summed E-state index contributed by atoms with van der Waals surface area (Å²) in [6.07, 6.45) is 3.70. The van der Waals surface area contributed by atoms with E-state index in [1.807, 2.05) is 24.3 Å². The van der Waals surface area contributed by atoms with Crippen LogP contribution in [0.1, 0.15) is 5.56 Å². The molecular weight excluding hydrogens is 274 g/mol. The van der Waals surface area contributed by atoms with Gasteiger partial charge < -0.3 is 21.0 Å². The third-order valence-corrected chi connectivity index (χ3v) is 3.76. The second-order valence-electron chi connectivity index (χ2n) is 5.50. The van der Waals surface area contributed by atoms with E-state index in [-0.39, 0.29) is 0 Å². The van der Waals surface area contributed by atoms with Crippen LogP contribution in [0.25, 0.3) is 0 Å². The van der Waals surface area contributed by atoms with Crippen LogP contribution in [-0.2, 0) is 6.54 Å². The Labute approximate surface area is 132 Å². The van der Waals surface area contributed by atoms with Crippen LogP contribution in [0.5, 0.6) is 0 Å². The fourth-order valence-electron chi connectivity index (χ4n) is 2.39. The highest BCUT2D eigenvalue weighted by atomic mass is 15.3. The maximum absolute atomic E-state index is 5.35. The maximum atomic E-state index is 5.35. The molecule has 0 saturated carbocycles. The predicted octanol–water partition coefficient (Wildman–Crippen LogP) is 1.37. The second-order valence-corrected chi connectivity index (χ2v) is 5.50. The van der Waals surface area contributed by atoms with Crippen LogP contribution in [0.3, 0.4) is 0 Å². The molecular formula is C17H25N5. The van der Waals surface area contributed by atoms with Crippen LogP contribution >= 0.6 is 0 Å². The number of hydrogen-bond acceptors (Lipinski definition) is 5. The molecule has 1 aromatic rings. The number of nitrogens with two attached hydrogens (primary N) is 1. The lowest BCUT2D eigenvalue weighted by molar-refractivity contribution is 0.193. The van der Waals surface area contributed by atoms with Crippen LogP contribution < -0.4 is 11.2 Å². The summed E-state index contributed by atoms with van der Waals surface area (Å²) < 4.78 is 0. The molecule has 1 saturated heterocycles. The quantitative estimate of drug-likeness (QED) is 0.360. The van der Waals surface area contributed by atoms with Crippen LogP contribution in [0, 0.1) is 0 Å². The summed E-state index contributed by atoms with van der Waals surface area (Å²) in [7, 11) is 2.14. The van der Waals surface area contributed by atoms with Crippen molar-refractivity contribution in [2.45, 2.75) is 6.54 Å². The summed E-state index contributed by atoms with van der Waals surface area (Å²) in [5.41, 5.74) is 3.09. The molecule has 0 amide bonds. The Hall–Kier alpha value is -2.27. The van der Waals surface area contributed by atoms with Crippen molar-refractivity contribution in [3.63, 3.8) is 0 Å². The monoisotopic (exact) mass is 299 g/mol. The molecule has 1 fully saturated rings. The summed E-state index contributed by atoms with van der Waals surface area (Å²) in [6, 6.07) is 10.3. The van der Waals surface area contributed by atoms with Gasteiger partial charge in [-0.25, -0.2) is 0 Å². The van der Waals surface area contributed by atoms with Crippen LogP contribution in [0.2, 0.25) is 0 Å². The number of rotatable bonds is 6. The molecule has 0 aromatic heterocycles. The smallest absolute Gasteiger partial charge is 0.0700 e. The lowest BCUT2D eigenvalue weighted by Crippen LogP contribution is -2.44. The molecule has 0 radical (unpaired) electrons. The second kappa shape index (κ2) is 8.24. The topological polar surface area (TPSA) is 56.9 Å². The molecule has 1 heterocycles. The van der Waals surface area contributed by atoms with Crippen LogP contribution in [-0.4, -0.2) is 49.2 Å². The van der Waals surface area contributed by atoms with E-state index in [1.165, 1.54) is 5.56 Å². The van der Waals surface area contributed by atoms with Gasteiger partial charge in [-0.2, -0.15) is 5.10 Å². The van der Waals surface area contributed by atoms with Crippen molar-refractivity contribution in [2.75, 3.05) is 33.2 Å². The molecule has 0 bridgehead atoms. The number of nitrogens with one attached hydrogen (secondary N) is 1. The fraction of sp³-hybridized carbons (Fsp3) is 0.353. The van der Waals surface area contributed by atoms with Gasteiger partial charge in [0.1, 0.15) is 0 Å². The Morgan fingerprint density at radius 1 is 1.27 bits per heavy atom. The standard InChI is InChI=1S/C17H25N5/c1-15(19-13-16-6-4-3-5-7-16)12-17(14-20-18)22-10-8-21(2)9-11-22/h3-7,12,14,19H,1,8-11,13,18H2,2H3/b17-12+,20-14-. The van der Waals surface area contributed by atoms with E-state index in [9.17, 15) is 0 Å². The Balaban J connectivity index is 1.95. The van der Waals surface area contributed by atoms with Crippen LogP contribution in [0.15, 0.2) is 59.5 Å². The van der Waals surface area contributed by atoms with Crippen molar-refractivity contribution < 1.29 is 0 Å². The molecule has 0 unspecified atom stereocenters. The number of likely N-dealkylation sites (N-methyl/N-ethyl adjacent to an activating group) is 1. The first-order chi connectivity index (χ1) is 10.7. The van der Waals surface area contributed by atoms with Gasteiger partial charge in [0.05, 0.1) is 11.9 Å². The largest absolute Gasteiger partial charge is 0.381 e. The van der Waals surface area contributed by atoms with Crippen molar-refractivity contribution in [3.05, 3.63) is 59.9 Å². The van der Waals surface area contributed by atoms with Crippen LogP contribution in [0.4, 0.5) is 0 Å². The van der Waals surface area contributed by atoms with Gasteiger partial charge in [-0.3, -0.25) is 0 Å². The molecule has 118 valence electrons. The van der Waals surface area contributed by atoms with E-state index in [4.69, 9.17) is 5.84 Å². The molecule has 1 aliphatic rings. The normalized spacial score (nSPS) is 17.0. The maximum Gasteiger partial charge on any atom is 0.0700 e. The summed E-state index contributed by atoms with van der Waals surface area (Å²) >= 11 is 0. The molecule has 1 aromatic carbocycles. The first-order valence-corrected chi connectivity index (χ1v) is 7.54. The molecule has 0 aliphatic carbocycles. The van der Waals surface area contributed by atoms with Gasteiger partial charge in [0.2, 0.25) is 0 Å². The molecule has 0 spiro atoms. The Morgan fingerprint density at radius 3 is 2.59 bits per heavy atom. The zero-order chi connectivity index (χ0) is 15.8. The number of benzene rings is 1. The minimum absolute atomic E-state index is 0.756. The van der Waals surface area contributed by atoms with Crippen molar-refractivity contribution >= 4 is 6.21 Å². The zero-order valence-electron chi connectivity index (χ0n) is 13.2. The fourth-order valence-corrected chi connectivity index (χ4v) is 2.39. The summed E-state index contributed by atoms with van der Waals surface area (Å²) in [5.74, 6) is 5.35. The Morgan fingerprint density at radius 2 is 1.95 bits per heavy atom. The third-order valence-electron chi connectivity index (χ3n) is 3.76. The first-order valence-electron chi connectivity index (χ1n) is 7.54. The van der Waals surface area contributed by atoms with Gasteiger partial charge in [0, 0.05) is 38.4 Å². The molecule has 0 atom stereocenters. The summed E-state index contributed by atoms with van der Waals surface area (Å²) in [6.45, 7) is 8.86. The highest BCUT2D eigenvalue weighted by Gasteiger charge is 2.15. The van der Waals surface area contributed by atoms with E-state index in [0.29, 0.717) is 0 Å². The minimum Gasteiger partial charge on any atom is -0.381 e. The van der Waals surface area contributed by atoms with Crippen molar-refractivity contribution in [2.24, 2.45) is 10.9 Å². The first kappa shape index (κ1) is 16.1.